The number of piperidine rings is 1. The molecule has 1 fully saturated rings. The first-order valence-electron chi connectivity index (χ1n) is 10.4. The van der Waals surface area contributed by atoms with Crippen LogP contribution < -0.4 is 10.6 Å². The van der Waals surface area contributed by atoms with E-state index in [0.717, 1.165) is 31.8 Å². The van der Waals surface area contributed by atoms with Gasteiger partial charge in [0.05, 0.1) is 6.54 Å². The zero-order valence-electron chi connectivity index (χ0n) is 18.0. The minimum atomic E-state index is -4.11. The van der Waals surface area contributed by atoms with Gasteiger partial charge in [0.2, 0.25) is 5.89 Å². The zero-order valence-corrected chi connectivity index (χ0v) is 20.3. The summed E-state index contributed by atoms with van der Waals surface area (Å²) in [5.41, 5.74) is 0. The number of alkyl halides is 3. The second-order valence-corrected chi connectivity index (χ2v) is 7.76. The van der Waals surface area contributed by atoms with Crippen LogP contribution in [0.1, 0.15) is 57.7 Å². The maximum Gasteiger partial charge on any atom is 0.401 e. The Morgan fingerprint density at radius 1 is 1.27 bits per heavy atom. The van der Waals surface area contributed by atoms with Gasteiger partial charge in [0.1, 0.15) is 0 Å². The van der Waals surface area contributed by atoms with Crippen molar-refractivity contribution in [3.05, 3.63) is 11.7 Å². The summed E-state index contributed by atoms with van der Waals surface area (Å²) in [6, 6.07) is 0. The van der Waals surface area contributed by atoms with E-state index in [2.05, 4.69) is 25.8 Å². The van der Waals surface area contributed by atoms with Gasteiger partial charge < -0.3 is 15.2 Å². The van der Waals surface area contributed by atoms with Crippen LogP contribution in [0.5, 0.6) is 0 Å². The third-order valence-electron chi connectivity index (χ3n) is 4.89. The van der Waals surface area contributed by atoms with Crippen LogP contribution in [-0.2, 0) is 6.42 Å². The number of likely N-dealkylation sites (tertiary alicyclic amines) is 1. The van der Waals surface area contributed by atoms with E-state index in [1.54, 1.807) is 0 Å². The normalized spacial score (nSPS) is 16.6. The molecular formula is C19H34F3IN6O. The molecule has 0 amide bonds. The van der Waals surface area contributed by atoms with Gasteiger partial charge in [0, 0.05) is 32.0 Å². The zero-order chi connectivity index (χ0) is 21.3. The van der Waals surface area contributed by atoms with Gasteiger partial charge in [-0.2, -0.15) is 18.2 Å². The summed E-state index contributed by atoms with van der Waals surface area (Å²) in [6.45, 7) is 8.28. The number of hydrogen-bond acceptors (Lipinski definition) is 5. The summed E-state index contributed by atoms with van der Waals surface area (Å²) in [5.74, 6) is 2.70. The summed E-state index contributed by atoms with van der Waals surface area (Å²) in [4.78, 5) is 10.4. The first-order chi connectivity index (χ1) is 13.8. The molecule has 1 aromatic rings. The molecular weight excluding hydrogens is 512 g/mol. The molecule has 11 heteroatoms. The van der Waals surface area contributed by atoms with Crippen LogP contribution in [0.2, 0.25) is 0 Å². The van der Waals surface area contributed by atoms with Crippen LogP contribution >= 0.6 is 24.0 Å². The maximum atomic E-state index is 12.5. The van der Waals surface area contributed by atoms with Crippen molar-refractivity contribution in [3.8, 4) is 0 Å². The predicted molar refractivity (Wildman–Crippen MR) is 121 cm³/mol. The van der Waals surface area contributed by atoms with Crippen molar-refractivity contribution in [1.82, 2.24) is 25.7 Å². The van der Waals surface area contributed by atoms with E-state index in [-0.39, 0.29) is 29.9 Å². The van der Waals surface area contributed by atoms with Gasteiger partial charge in [0.25, 0.3) is 0 Å². The Bertz CT molecular complexity index is 630. The molecule has 2 rings (SSSR count). The van der Waals surface area contributed by atoms with Crippen LogP contribution in [0.25, 0.3) is 0 Å². The highest BCUT2D eigenvalue weighted by Crippen LogP contribution is 2.24. The molecule has 1 aromatic heterocycles. The third-order valence-corrected chi connectivity index (χ3v) is 4.89. The molecule has 7 nitrogen and oxygen atoms in total. The molecule has 0 saturated carbocycles. The maximum absolute atomic E-state index is 12.5. The summed E-state index contributed by atoms with van der Waals surface area (Å²) < 4.78 is 42.6. The molecule has 2 N–H and O–H groups in total. The Hall–Kier alpha value is -1.11. The SMILES string of the molecule is CCNC(=NCCC1CCN(CC(F)(F)F)CC1)NCCc1nc(C(C)C)no1.I. The first kappa shape index (κ1) is 26.9. The fourth-order valence-corrected chi connectivity index (χ4v) is 3.28. The van der Waals surface area contributed by atoms with Gasteiger partial charge in [0.15, 0.2) is 11.8 Å². The van der Waals surface area contributed by atoms with E-state index in [1.165, 1.54) is 4.90 Å². The molecule has 1 aliphatic heterocycles. The van der Waals surface area contributed by atoms with Gasteiger partial charge in [-0.15, -0.1) is 24.0 Å². The lowest BCUT2D eigenvalue weighted by atomic mass is 9.93. The molecule has 0 unspecified atom stereocenters. The molecule has 0 aliphatic carbocycles. The largest absolute Gasteiger partial charge is 0.401 e. The van der Waals surface area contributed by atoms with E-state index in [1.807, 2.05) is 20.8 Å². The Morgan fingerprint density at radius 2 is 1.97 bits per heavy atom. The molecule has 0 bridgehead atoms. The van der Waals surface area contributed by atoms with Crippen LogP contribution in [0.4, 0.5) is 13.2 Å². The van der Waals surface area contributed by atoms with E-state index in [9.17, 15) is 13.2 Å². The van der Waals surface area contributed by atoms with Crippen molar-refractivity contribution in [2.24, 2.45) is 10.9 Å². The van der Waals surface area contributed by atoms with Crippen LogP contribution in [0.3, 0.4) is 0 Å². The number of guanidine groups is 1. The average Bonchev–Trinajstić information content (AvgIpc) is 3.11. The van der Waals surface area contributed by atoms with E-state index >= 15 is 0 Å². The first-order valence-corrected chi connectivity index (χ1v) is 10.4. The molecule has 0 atom stereocenters. The van der Waals surface area contributed by atoms with E-state index in [4.69, 9.17) is 4.52 Å². The number of aliphatic imine (C=N–C) groups is 1. The summed E-state index contributed by atoms with van der Waals surface area (Å²) in [7, 11) is 0. The predicted octanol–water partition coefficient (Wildman–Crippen LogP) is 3.57. The lowest BCUT2D eigenvalue weighted by Crippen LogP contribution is -2.40. The molecule has 1 saturated heterocycles. The van der Waals surface area contributed by atoms with Gasteiger partial charge in [-0.3, -0.25) is 9.89 Å². The van der Waals surface area contributed by atoms with Crippen molar-refractivity contribution < 1.29 is 17.7 Å². The third kappa shape index (κ3) is 10.3. The highest BCUT2D eigenvalue weighted by atomic mass is 127. The molecule has 0 spiro atoms. The topological polar surface area (TPSA) is 78.6 Å². The minimum absolute atomic E-state index is 0. The number of halogens is 4. The van der Waals surface area contributed by atoms with E-state index in [0.29, 0.717) is 50.2 Å². The number of hydrogen-bond donors (Lipinski definition) is 2. The molecule has 1 aliphatic rings. The average molecular weight is 546 g/mol. The Morgan fingerprint density at radius 3 is 2.53 bits per heavy atom. The smallest absolute Gasteiger partial charge is 0.357 e. The van der Waals surface area contributed by atoms with Crippen LogP contribution in [0, 0.1) is 5.92 Å². The molecule has 0 aromatic carbocycles. The molecule has 0 radical (unpaired) electrons. The fraction of sp³-hybridized carbons (Fsp3) is 0.842. The second-order valence-electron chi connectivity index (χ2n) is 7.76. The van der Waals surface area contributed by atoms with Crippen molar-refractivity contribution in [2.45, 2.75) is 58.5 Å². The molecule has 30 heavy (non-hydrogen) atoms. The van der Waals surface area contributed by atoms with Gasteiger partial charge in [-0.1, -0.05) is 19.0 Å². The van der Waals surface area contributed by atoms with Crippen molar-refractivity contribution in [3.63, 3.8) is 0 Å². The lowest BCUT2D eigenvalue weighted by molar-refractivity contribution is -0.148. The summed E-state index contributed by atoms with van der Waals surface area (Å²) >= 11 is 0. The quantitative estimate of drug-likeness (QED) is 0.280. The number of nitrogens with zero attached hydrogens (tertiary/aromatic N) is 4. The second kappa shape index (κ2) is 13.3. The van der Waals surface area contributed by atoms with Crippen LogP contribution in [-0.4, -0.2) is 66.4 Å². The Balaban J connectivity index is 0.00000450. The molecule has 2 heterocycles. The van der Waals surface area contributed by atoms with Crippen molar-refractivity contribution in [1.29, 1.82) is 0 Å². The Kier molecular flexibility index (Phi) is 12.0. The fourth-order valence-electron chi connectivity index (χ4n) is 3.28. The highest BCUT2D eigenvalue weighted by molar-refractivity contribution is 14.0. The van der Waals surface area contributed by atoms with E-state index < -0.39 is 12.7 Å². The van der Waals surface area contributed by atoms with Gasteiger partial charge >= 0.3 is 6.18 Å². The summed E-state index contributed by atoms with van der Waals surface area (Å²) in [6.07, 6.45) is -1.02. The van der Waals surface area contributed by atoms with Crippen LogP contribution in [0.15, 0.2) is 9.52 Å². The number of nitrogens with one attached hydrogen (secondary N) is 2. The van der Waals surface area contributed by atoms with Crippen molar-refractivity contribution in [2.75, 3.05) is 39.3 Å². The summed E-state index contributed by atoms with van der Waals surface area (Å²) in [5, 5.41) is 10.4. The van der Waals surface area contributed by atoms with Gasteiger partial charge in [-0.25, -0.2) is 0 Å². The Labute approximate surface area is 193 Å². The monoisotopic (exact) mass is 546 g/mol. The van der Waals surface area contributed by atoms with Crippen molar-refractivity contribution >= 4 is 29.9 Å². The van der Waals surface area contributed by atoms with Gasteiger partial charge in [-0.05, 0) is 45.2 Å². The lowest BCUT2D eigenvalue weighted by Gasteiger charge is -2.32. The molecule has 174 valence electrons. The number of rotatable bonds is 9. The number of aromatic nitrogens is 2. The standard InChI is InChI=1S/C19H33F3N6O.HI/c1-4-23-18(25-10-6-16-26-17(14(2)3)27-29-16)24-9-5-15-7-11-28(12-8-15)13-19(20,21)22;/h14-15H,4-13H2,1-3H3,(H2,23,24,25);1H. The highest BCUT2D eigenvalue weighted by Gasteiger charge is 2.32. The minimum Gasteiger partial charge on any atom is -0.357 e.